The molecule has 0 amide bonds. The van der Waals surface area contributed by atoms with E-state index in [0.717, 1.165) is 22.6 Å². The summed E-state index contributed by atoms with van der Waals surface area (Å²) < 4.78 is 0.976. The molecule has 4 heteroatoms. The maximum Gasteiger partial charge on any atom is 0.0548 e. The van der Waals surface area contributed by atoms with Crippen LogP contribution in [0.1, 0.15) is 37.8 Å². The molecular formula is C15H22BrClN2. The van der Waals surface area contributed by atoms with Crippen LogP contribution < -0.4 is 5.73 Å². The molecule has 0 bridgehead atoms. The van der Waals surface area contributed by atoms with Crippen LogP contribution in [0.2, 0.25) is 5.02 Å². The second-order valence-corrected chi connectivity index (χ2v) is 6.55. The maximum atomic E-state index is 6.10. The zero-order valence-electron chi connectivity index (χ0n) is 11.4. The van der Waals surface area contributed by atoms with Crippen LogP contribution >= 0.6 is 27.5 Å². The van der Waals surface area contributed by atoms with Gasteiger partial charge in [-0.2, -0.15) is 0 Å². The number of nitrogens with two attached hydrogens (primary N) is 1. The number of rotatable bonds is 4. The lowest BCUT2D eigenvalue weighted by Crippen LogP contribution is -2.41. The molecule has 0 aliphatic carbocycles. The second kappa shape index (κ2) is 7.07. The van der Waals surface area contributed by atoms with Crippen LogP contribution in [0, 0.1) is 5.92 Å². The predicted octanol–water partition coefficient (Wildman–Crippen LogP) is 4.22. The topological polar surface area (TPSA) is 29.3 Å². The van der Waals surface area contributed by atoms with Crippen LogP contribution in [0.3, 0.4) is 0 Å². The van der Waals surface area contributed by atoms with Gasteiger partial charge in [-0.15, -0.1) is 0 Å². The average Bonchev–Trinajstić information content (AvgIpc) is 2.42. The summed E-state index contributed by atoms with van der Waals surface area (Å²) in [5.74, 6) is 0.549. The second-order valence-electron chi connectivity index (χ2n) is 5.29. The van der Waals surface area contributed by atoms with Gasteiger partial charge >= 0.3 is 0 Å². The molecule has 1 heterocycles. The third kappa shape index (κ3) is 3.52. The van der Waals surface area contributed by atoms with Crippen LogP contribution in [-0.2, 0) is 0 Å². The van der Waals surface area contributed by atoms with E-state index in [0.29, 0.717) is 12.0 Å². The van der Waals surface area contributed by atoms with Gasteiger partial charge in [-0.25, -0.2) is 0 Å². The molecule has 0 radical (unpaired) electrons. The summed E-state index contributed by atoms with van der Waals surface area (Å²) in [6.07, 6.45) is 3.66. The molecule has 106 valence electrons. The smallest absolute Gasteiger partial charge is 0.0548 e. The summed E-state index contributed by atoms with van der Waals surface area (Å²) >= 11 is 9.63. The van der Waals surface area contributed by atoms with E-state index in [-0.39, 0.29) is 0 Å². The Morgan fingerprint density at radius 3 is 2.89 bits per heavy atom. The Balaban J connectivity index is 2.30. The number of likely N-dealkylation sites (tertiary alicyclic amines) is 1. The molecule has 19 heavy (non-hydrogen) atoms. The number of nitrogens with zero attached hydrogens (tertiary/aromatic N) is 1. The van der Waals surface area contributed by atoms with Crippen molar-refractivity contribution in [3.05, 3.63) is 33.3 Å². The van der Waals surface area contributed by atoms with Crippen molar-refractivity contribution in [2.24, 2.45) is 11.7 Å². The van der Waals surface area contributed by atoms with E-state index >= 15 is 0 Å². The zero-order valence-corrected chi connectivity index (χ0v) is 13.8. The average molecular weight is 346 g/mol. The van der Waals surface area contributed by atoms with Crippen molar-refractivity contribution in [1.29, 1.82) is 0 Å². The van der Waals surface area contributed by atoms with Crippen molar-refractivity contribution in [2.75, 3.05) is 19.6 Å². The van der Waals surface area contributed by atoms with Crippen molar-refractivity contribution in [1.82, 2.24) is 4.90 Å². The monoisotopic (exact) mass is 344 g/mol. The Bertz CT molecular complexity index is 423. The summed E-state index contributed by atoms with van der Waals surface area (Å²) in [6.45, 7) is 5.31. The van der Waals surface area contributed by atoms with Gasteiger partial charge in [0.2, 0.25) is 0 Å². The highest BCUT2D eigenvalue weighted by Gasteiger charge is 2.31. The van der Waals surface area contributed by atoms with Crippen molar-refractivity contribution >= 4 is 27.5 Å². The van der Waals surface area contributed by atoms with Gasteiger partial charge in [0, 0.05) is 10.5 Å². The number of benzene rings is 1. The minimum atomic E-state index is 0.437. The summed E-state index contributed by atoms with van der Waals surface area (Å²) in [6, 6.07) is 6.72. The number of piperidine rings is 1. The lowest BCUT2D eigenvalue weighted by molar-refractivity contribution is 0.0960. The molecule has 1 fully saturated rings. The molecule has 1 saturated heterocycles. The fourth-order valence-electron chi connectivity index (χ4n) is 3.12. The van der Waals surface area contributed by atoms with Gasteiger partial charge in [0.1, 0.15) is 0 Å². The molecular weight excluding hydrogens is 324 g/mol. The fraction of sp³-hybridized carbons (Fsp3) is 0.600. The van der Waals surface area contributed by atoms with Gasteiger partial charge in [0.15, 0.2) is 0 Å². The molecule has 0 aromatic heterocycles. The third-order valence-electron chi connectivity index (χ3n) is 3.96. The van der Waals surface area contributed by atoms with Gasteiger partial charge in [-0.1, -0.05) is 24.6 Å². The lowest BCUT2D eigenvalue weighted by Gasteiger charge is -2.41. The molecule has 2 atom stereocenters. The molecule has 1 aliphatic heterocycles. The molecule has 1 aromatic carbocycles. The van der Waals surface area contributed by atoms with E-state index < -0.39 is 0 Å². The van der Waals surface area contributed by atoms with Crippen molar-refractivity contribution < 1.29 is 0 Å². The SMILES string of the molecule is CCCN1CCCC(CN)C1c1ccc(Cl)c(Br)c1. The van der Waals surface area contributed by atoms with Crippen molar-refractivity contribution in [2.45, 2.75) is 32.2 Å². The highest BCUT2D eigenvalue weighted by molar-refractivity contribution is 9.10. The molecule has 2 nitrogen and oxygen atoms in total. The third-order valence-corrected chi connectivity index (χ3v) is 5.17. The number of hydrogen-bond donors (Lipinski definition) is 1. The van der Waals surface area contributed by atoms with E-state index in [1.54, 1.807) is 0 Å². The maximum absolute atomic E-state index is 6.10. The van der Waals surface area contributed by atoms with Gasteiger partial charge in [-0.3, -0.25) is 4.90 Å². The van der Waals surface area contributed by atoms with E-state index in [9.17, 15) is 0 Å². The number of halogens is 2. The molecule has 1 aliphatic rings. The molecule has 2 unspecified atom stereocenters. The quantitative estimate of drug-likeness (QED) is 0.885. The van der Waals surface area contributed by atoms with E-state index in [1.807, 2.05) is 6.07 Å². The zero-order chi connectivity index (χ0) is 13.8. The van der Waals surface area contributed by atoms with E-state index in [1.165, 1.54) is 31.4 Å². The normalized spacial score (nSPS) is 24.6. The molecule has 0 spiro atoms. The molecule has 2 rings (SSSR count). The van der Waals surface area contributed by atoms with Gasteiger partial charge in [0.05, 0.1) is 5.02 Å². The molecule has 2 N–H and O–H groups in total. The Hall–Kier alpha value is -0.0900. The Labute approximate surface area is 129 Å². The Kier molecular flexibility index (Phi) is 5.70. The fourth-order valence-corrected chi connectivity index (χ4v) is 3.63. The van der Waals surface area contributed by atoms with Crippen LogP contribution in [0.4, 0.5) is 0 Å². The summed E-state index contributed by atoms with van der Waals surface area (Å²) in [7, 11) is 0. The molecule has 0 saturated carbocycles. The predicted molar refractivity (Wildman–Crippen MR) is 85.5 cm³/mol. The number of hydrogen-bond acceptors (Lipinski definition) is 2. The van der Waals surface area contributed by atoms with Crippen LogP contribution in [0.5, 0.6) is 0 Å². The van der Waals surface area contributed by atoms with Gasteiger partial charge in [0.25, 0.3) is 0 Å². The van der Waals surface area contributed by atoms with Crippen molar-refractivity contribution in [3.63, 3.8) is 0 Å². The molecule has 1 aromatic rings. The van der Waals surface area contributed by atoms with E-state index in [4.69, 9.17) is 17.3 Å². The van der Waals surface area contributed by atoms with E-state index in [2.05, 4.69) is 39.9 Å². The van der Waals surface area contributed by atoms with Gasteiger partial charge < -0.3 is 5.73 Å². The van der Waals surface area contributed by atoms with Crippen LogP contribution in [0.15, 0.2) is 22.7 Å². The minimum Gasteiger partial charge on any atom is -0.330 e. The minimum absolute atomic E-state index is 0.437. The summed E-state index contributed by atoms with van der Waals surface area (Å²) in [5, 5.41) is 0.769. The highest BCUT2D eigenvalue weighted by atomic mass is 79.9. The Morgan fingerprint density at radius 2 is 2.26 bits per heavy atom. The van der Waals surface area contributed by atoms with Gasteiger partial charge in [-0.05, 0) is 78.4 Å². The first-order valence-electron chi connectivity index (χ1n) is 7.06. The standard InChI is InChI=1S/C15H22BrClN2/c1-2-7-19-8-3-4-12(10-18)15(19)11-5-6-14(17)13(16)9-11/h5-6,9,12,15H,2-4,7-8,10,18H2,1H3. The highest BCUT2D eigenvalue weighted by Crippen LogP contribution is 2.37. The first-order chi connectivity index (χ1) is 9.17. The Morgan fingerprint density at radius 1 is 1.47 bits per heavy atom. The summed E-state index contributed by atoms with van der Waals surface area (Å²) in [4.78, 5) is 2.58. The van der Waals surface area contributed by atoms with Crippen LogP contribution in [-0.4, -0.2) is 24.5 Å². The lowest BCUT2D eigenvalue weighted by atomic mass is 9.84. The van der Waals surface area contributed by atoms with Crippen LogP contribution in [0.25, 0.3) is 0 Å². The summed E-state index contributed by atoms with van der Waals surface area (Å²) in [5.41, 5.74) is 7.33. The van der Waals surface area contributed by atoms with Crippen molar-refractivity contribution in [3.8, 4) is 0 Å². The first kappa shape index (κ1) is 15.3. The first-order valence-corrected chi connectivity index (χ1v) is 8.23. The largest absolute Gasteiger partial charge is 0.330 e.